The molecule has 0 aliphatic carbocycles. The van der Waals surface area contributed by atoms with Crippen LogP contribution in [-0.4, -0.2) is 32.1 Å². The van der Waals surface area contributed by atoms with E-state index in [0.717, 1.165) is 38.9 Å². The van der Waals surface area contributed by atoms with Crippen molar-refractivity contribution in [2.24, 2.45) is 0 Å². The topological polar surface area (TPSA) is 29.5 Å². The van der Waals surface area contributed by atoms with Gasteiger partial charge in [0.1, 0.15) is 5.75 Å². The SMILES string of the molecule is CN(C)CCCOc1cccc2c(=O)c3ccccc3sc12.Cl. The lowest BCUT2D eigenvalue weighted by atomic mass is 10.2. The Morgan fingerprint density at radius 1 is 1.04 bits per heavy atom. The minimum Gasteiger partial charge on any atom is -0.492 e. The predicted octanol–water partition coefficient (Wildman–Crippen LogP) is 4.17. The van der Waals surface area contributed by atoms with Crippen LogP contribution >= 0.6 is 23.7 Å². The maximum atomic E-state index is 12.6. The molecule has 0 amide bonds. The fraction of sp³-hybridized carbons (Fsp3) is 0.278. The zero-order valence-corrected chi connectivity index (χ0v) is 14.9. The van der Waals surface area contributed by atoms with E-state index < -0.39 is 0 Å². The van der Waals surface area contributed by atoms with Crippen molar-refractivity contribution < 1.29 is 4.74 Å². The average Bonchev–Trinajstić information content (AvgIpc) is 2.52. The molecule has 3 rings (SSSR count). The molecule has 0 aliphatic heterocycles. The number of benzene rings is 2. The van der Waals surface area contributed by atoms with E-state index >= 15 is 0 Å². The van der Waals surface area contributed by atoms with Crippen molar-refractivity contribution in [2.75, 3.05) is 27.2 Å². The summed E-state index contributed by atoms with van der Waals surface area (Å²) in [6.45, 7) is 1.65. The Bertz CT molecular complexity index is 860. The second kappa shape index (κ2) is 7.77. The molecule has 3 nitrogen and oxygen atoms in total. The Labute approximate surface area is 145 Å². The van der Waals surface area contributed by atoms with E-state index in [4.69, 9.17) is 4.74 Å². The van der Waals surface area contributed by atoms with Gasteiger partial charge in [0.2, 0.25) is 0 Å². The Morgan fingerprint density at radius 3 is 2.57 bits per heavy atom. The third-order valence-corrected chi connectivity index (χ3v) is 4.78. The van der Waals surface area contributed by atoms with Crippen LogP contribution in [-0.2, 0) is 0 Å². The van der Waals surface area contributed by atoms with Crippen molar-refractivity contribution in [1.29, 1.82) is 0 Å². The lowest BCUT2D eigenvalue weighted by Crippen LogP contribution is -2.15. The van der Waals surface area contributed by atoms with Crippen molar-refractivity contribution in [3.05, 3.63) is 52.7 Å². The summed E-state index contributed by atoms with van der Waals surface area (Å²) < 4.78 is 7.86. The molecule has 23 heavy (non-hydrogen) atoms. The quantitative estimate of drug-likeness (QED) is 0.511. The van der Waals surface area contributed by atoms with Gasteiger partial charge in [0.15, 0.2) is 5.43 Å². The highest BCUT2D eigenvalue weighted by molar-refractivity contribution is 7.24. The van der Waals surface area contributed by atoms with Gasteiger partial charge in [-0.15, -0.1) is 23.7 Å². The summed E-state index contributed by atoms with van der Waals surface area (Å²) in [6.07, 6.45) is 0.964. The first-order valence-corrected chi connectivity index (χ1v) is 8.20. The van der Waals surface area contributed by atoms with Crippen molar-refractivity contribution in [2.45, 2.75) is 6.42 Å². The second-order valence-electron chi connectivity index (χ2n) is 5.57. The fourth-order valence-corrected chi connectivity index (χ4v) is 3.61. The molecule has 0 radical (unpaired) electrons. The van der Waals surface area contributed by atoms with Crippen LogP contribution in [0.15, 0.2) is 47.3 Å². The van der Waals surface area contributed by atoms with Gasteiger partial charge in [-0.25, -0.2) is 0 Å². The van der Waals surface area contributed by atoms with Gasteiger partial charge in [0.25, 0.3) is 0 Å². The summed E-state index contributed by atoms with van der Waals surface area (Å²) in [5.74, 6) is 0.809. The van der Waals surface area contributed by atoms with Gasteiger partial charge >= 0.3 is 0 Å². The third kappa shape index (κ3) is 3.83. The van der Waals surface area contributed by atoms with E-state index in [2.05, 4.69) is 19.0 Å². The minimum absolute atomic E-state index is 0. The summed E-state index contributed by atoms with van der Waals surface area (Å²) in [4.78, 5) is 14.7. The number of hydrogen-bond donors (Lipinski definition) is 0. The number of hydrogen-bond acceptors (Lipinski definition) is 4. The van der Waals surface area contributed by atoms with Crippen LogP contribution in [0, 0.1) is 0 Å². The van der Waals surface area contributed by atoms with E-state index in [1.165, 1.54) is 0 Å². The first-order chi connectivity index (χ1) is 10.7. The standard InChI is InChI=1S/C18H19NO2S.ClH/c1-19(2)11-6-12-21-15-9-5-8-14-17(20)13-7-3-4-10-16(13)22-18(14)15;/h3-5,7-10H,6,11-12H2,1-2H3;1H. The average molecular weight is 350 g/mol. The van der Waals surface area contributed by atoms with Gasteiger partial charge < -0.3 is 9.64 Å². The zero-order valence-electron chi connectivity index (χ0n) is 13.2. The number of rotatable bonds is 5. The molecule has 0 aliphatic rings. The van der Waals surface area contributed by atoms with Gasteiger partial charge in [-0.2, -0.15) is 0 Å². The van der Waals surface area contributed by atoms with Gasteiger partial charge in [-0.1, -0.05) is 18.2 Å². The van der Waals surface area contributed by atoms with Gasteiger partial charge in [0, 0.05) is 22.0 Å². The number of halogens is 1. The molecule has 0 fully saturated rings. The van der Waals surface area contributed by atoms with E-state index in [1.54, 1.807) is 11.3 Å². The molecule has 0 saturated carbocycles. The molecule has 0 N–H and O–H groups in total. The summed E-state index contributed by atoms with van der Waals surface area (Å²) >= 11 is 1.62. The molecule has 0 unspecified atom stereocenters. The molecular formula is C18H20ClNO2S. The Kier molecular flexibility index (Phi) is 5.99. The molecule has 0 atom stereocenters. The number of fused-ring (bicyclic) bond motifs is 2. The van der Waals surface area contributed by atoms with Crippen LogP contribution in [0.3, 0.4) is 0 Å². The summed E-state index contributed by atoms with van der Waals surface area (Å²) in [5.41, 5.74) is 0.0862. The summed E-state index contributed by atoms with van der Waals surface area (Å²) in [5, 5.41) is 1.53. The van der Waals surface area contributed by atoms with Crippen molar-refractivity contribution in [3.63, 3.8) is 0 Å². The highest BCUT2D eigenvalue weighted by atomic mass is 35.5. The van der Waals surface area contributed by atoms with Crippen molar-refractivity contribution >= 4 is 43.9 Å². The molecule has 0 saturated heterocycles. The van der Waals surface area contributed by atoms with Crippen LogP contribution in [0.5, 0.6) is 5.75 Å². The van der Waals surface area contributed by atoms with Gasteiger partial charge in [0.05, 0.1) is 11.3 Å². The predicted molar refractivity (Wildman–Crippen MR) is 102 cm³/mol. The first kappa shape index (κ1) is 17.7. The number of ether oxygens (including phenoxy) is 1. The minimum atomic E-state index is 0. The second-order valence-corrected chi connectivity index (χ2v) is 6.62. The molecule has 2 aromatic carbocycles. The highest BCUT2D eigenvalue weighted by Gasteiger charge is 2.09. The molecular weight excluding hydrogens is 330 g/mol. The van der Waals surface area contributed by atoms with Crippen LogP contribution in [0.25, 0.3) is 20.2 Å². The molecule has 0 bridgehead atoms. The van der Waals surface area contributed by atoms with Crippen LogP contribution < -0.4 is 10.2 Å². The smallest absolute Gasteiger partial charge is 0.196 e. The van der Waals surface area contributed by atoms with Gasteiger partial charge in [-0.3, -0.25) is 4.79 Å². The summed E-state index contributed by atoms with van der Waals surface area (Å²) in [7, 11) is 4.10. The lowest BCUT2D eigenvalue weighted by molar-refractivity contribution is 0.284. The Hall–Kier alpha value is -1.62. The molecule has 3 aromatic rings. The van der Waals surface area contributed by atoms with E-state index in [-0.39, 0.29) is 17.8 Å². The molecule has 122 valence electrons. The van der Waals surface area contributed by atoms with E-state index in [1.807, 2.05) is 42.5 Å². The molecule has 1 heterocycles. The third-order valence-electron chi connectivity index (χ3n) is 3.57. The Balaban J connectivity index is 0.00000192. The zero-order chi connectivity index (χ0) is 15.5. The Morgan fingerprint density at radius 2 is 1.78 bits per heavy atom. The number of nitrogens with zero attached hydrogens (tertiary/aromatic N) is 1. The maximum absolute atomic E-state index is 12.6. The first-order valence-electron chi connectivity index (χ1n) is 7.39. The molecule has 5 heteroatoms. The largest absolute Gasteiger partial charge is 0.492 e. The highest BCUT2D eigenvalue weighted by Crippen LogP contribution is 2.31. The monoisotopic (exact) mass is 349 g/mol. The van der Waals surface area contributed by atoms with Crippen LogP contribution in [0.1, 0.15) is 6.42 Å². The fourth-order valence-electron chi connectivity index (χ4n) is 2.47. The normalized spacial score (nSPS) is 10.9. The maximum Gasteiger partial charge on any atom is 0.196 e. The van der Waals surface area contributed by atoms with Crippen molar-refractivity contribution in [1.82, 2.24) is 4.90 Å². The summed E-state index contributed by atoms with van der Waals surface area (Å²) in [6, 6.07) is 13.5. The van der Waals surface area contributed by atoms with E-state index in [9.17, 15) is 4.79 Å². The van der Waals surface area contributed by atoms with Crippen molar-refractivity contribution in [3.8, 4) is 5.75 Å². The van der Waals surface area contributed by atoms with E-state index in [0.29, 0.717) is 6.61 Å². The lowest BCUT2D eigenvalue weighted by Gasteiger charge is -2.12. The molecule has 0 spiro atoms. The van der Waals surface area contributed by atoms with Gasteiger partial charge in [-0.05, 0) is 44.8 Å². The molecule has 1 aromatic heterocycles. The van der Waals surface area contributed by atoms with Crippen LogP contribution in [0.2, 0.25) is 0 Å². The van der Waals surface area contributed by atoms with Crippen LogP contribution in [0.4, 0.5) is 0 Å².